The summed E-state index contributed by atoms with van der Waals surface area (Å²) in [5, 5.41) is 8.91. The number of rotatable bonds is 3. The van der Waals surface area contributed by atoms with E-state index in [2.05, 4.69) is 11.8 Å². The van der Waals surface area contributed by atoms with E-state index in [-0.39, 0.29) is 12.1 Å². The van der Waals surface area contributed by atoms with Crippen molar-refractivity contribution in [3.05, 3.63) is 35.4 Å². The van der Waals surface area contributed by atoms with Crippen LogP contribution in [0.25, 0.3) is 0 Å². The summed E-state index contributed by atoms with van der Waals surface area (Å²) in [4.78, 5) is 12.9. The van der Waals surface area contributed by atoms with Gasteiger partial charge in [0.25, 0.3) is 5.91 Å². The average molecular weight is 294 g/mol. The third kappa shape index (κ3) is 4.54. The molecule has 0 fully saturated rings. The Hall–Kier alpha value is -2.47. The molecule has 0 aliphatic rings. The molecule has 1 rings (SSSR count). The summed E-state index contributed by atoms with van der Waals surface area (Å²) in [6, 6.07) is 5.75. The highest BCUT2D eigenvalue weighted by Crippen LogP contribution is 2.29. The summed E-state index contributed by atoms with van der Waals surface area (Å²) in [5.41, 5.74) is -0.503. The second kappa shape index (κ2) is 6.81. The van der Waals surface area contributed by atoms with Gasteiger partial charge in [-0.1, -0.05) is 18.1 Å². The Morgan fingerprint density at radius 3 is 2.62 bits per heavy atom. The van der Waals surface area contributed by atoms with E-state index >= 15 is 0 Å². The molecule has 21 heavy (non-hydrogen) atoms. The summed E-state index contributed by atoms with van der Waals surface area (Å²) in [6.45, 7) is 2.85. The molecule has 6 heteroatoms. The predicted molar refractivity (Wildman–Crippen MR) is 70.5 cm³/mol. The van der Waals surface area contributed by atoms with E-state index in [0.29, 0.717) is 0 Å². The molecular formula is C15H13F3N2O. The Bertz CT molecular complexity index is 620. The lowest BCUT2D eigenvalue weighted by Gasteiger charge is -2.23. The fraction of sp³-hybridized carbons (Fsp3) is 0.333. The van der Waals surface area contributed by atoms with E-state index in [0.717, 1.165) is 17.0 Å². The van der Waals surface area contributed by atoms with Crippen molar-refractivity contribution in [1.29, 1.82) is 5.26 Å². The van der Waals surface area contributed by atoms with Crippen molar-refractivity contribution in [2.45, 2.75) is 32.6 Å². The first kappa shape index (κ1) is 16.6. The van der Waals surface area contributed by atoms with Gasteiger partial charge in [-0.15, -0.1) is 0 Å². The van der Waals surface area contributed by atoms with Gasteiger partial charge in [-0.3, -0.25) is 4.79 Å². The molecule has 0 saturated heterocycles. The first-order valence-corrected chi connectivity index (χ1v) is 6.08. The molecule has 0 N–H and O–H groups in total. The fourth-order valence-electron chi connectivity index (χ4n) is 1.68. The number of nitrogens with zero attached hydrogens (tertiary/aromatic N) is 2. The van der Waals surface area contributed by atoms with Crippen LogP contribution in [0.3, 0.4) is 0 Å². The molecule has 0 saturated carbocycles. The van der Waals surface area contributed by atoms with Crippen LogP contribution in [0.5, 0.6) is 0 Å². The smallest absolute Gasteiger partial charge is 0.312 e. The largest absolute Gasteiger partial charge is 0.416 e. The number of carbonyl (C=O) groups is 1. The summed E-state index contributed by atoms with van der Waals surface area (Å²) in [6.07, 6.45) is -4.45. The number of nitriles is 1. The fourth-order valence-corrected chi connectivity index (χ4v) is 1.68. The molecule has 0 radical (unpaired) electrons. The average Bonchev–Trinajstić information content (AvgIpc) is 2.43. The molecule has 0 heterocycles. The van der Waals surface area contributed by atoms with Crippen molar-refractivity contribution in [3.8, 4) is 17.9 Å². The van der Waals surface area contributed by atoms with E-state index in [1.54, 1.807) is 0 Å². The predicted octanol–water partition coefficient (Wildman–Crippen LogP) is 2.97. The molecule has 0 spiro atoms. The first-order chi connectivity index (χ1) is 9.79. The Balaban J connectivity index is 3.07. The van der Waals surface area contributed by atoms with E-state index in [1.807, 2.05) is 6.07 Å². The Morgan fingerprint density at radius 2 is 2.10 bits per heavy atom. The quantitative estimate of drug-likeness (QED) is 0.804. The second-order valence-corrected chi connectivity index (χ2v) is 4.31. The topological polar surface area (TPSA) is 44.1 Å². The van der Waals surface area contributed by atoms with Gasteiger partial charge in [0.05, 0.1) is 11.6 Å². The van der Waals surface area contributed by atoms with Gasteiger partial charge in [-0.2, -0.15) is 18.4 Å². The molecule has 1 amide bonds. The van der Waals surface area contributed by atoms with Gasteiger partial charge in [-0.05, 0) is 37.5 Å². The highest BCUT2D eigenvalue weighted by molar-refractivity contribution is 5.93. The van der Waals surface area contributed by atoms with Gasteiger partial charge in [0, 0.05) is 6.54 Å². The molecule has 110 valence electrons. The van der Waals surface area contributed by atoms with Crippen molar-refractivity contribution in [3.63, 3.8) is 0 Å². The van der Waals surface area contributed by atoms with Crippen LogP contribution in [0.2, 0.25) is 0 Å². The van der Waals surface area contributed by atoms with E-state index < -0.39 is 23.7 Å². The Morgan fingerprint density at radius 1 is 1.43 bits per heavy atom. The van der Waals surface area contributed by atoms with Gasteiger partial charge >= 0.3 is 6.18 Å². The van der Waals surface area contributed by atoms with Gasteiger partial charge < -0.3 is 4.90 Å². The van der Waals surface area contributed by atoms with Crippen LogP contribution in [0.4, 0.5) is 13.2 Å². The van der Waals surface area contributed by atoms with Gasteiger partial charge in [0.15, 0.2) is 0 Å². The van der Waals surface area contributed by atoms with Gasteiger partial charge in [-0.25, -0.2) is 0 Å². The number of hydrogen-bond acceptors (Lipinski definition) is 2. The van der Waals surface area contributed by atoms with Crippen molar-refractivity contribution in [2.75, 3.05) is 0 Å². The van der Waals surface area contributed by atoms with Gasteiger partial charge in [0.1, 0.15) is 6.04 Å². The van der Waals surface area contributed by atoms with E-state index in [1.165, 1.54) is 26.0 Å². The van der Waals surface area contributed by atoms with Crippen LogP contribution in [0.15, 0.2) is 24.3 Å². The van der Waals surface area contributed by atoms with Crippen molar-refractivity contribution >= 4 is 5.91 Å². The lowest BCUT2D eigenvalue weighted by Crippen LogP contribution is -2.36. The highest BCUT2D eigenvalue weighted by Gasteiger charge is 2.30. The van der Waals surface area contributed by atoms with Crippen molar-refractivity contribution in [1.82, 2.24) is 4.90 Å². The zero-order chi connectivity index (χ0) is 16.0. The lowest BCUT2D eigenvalue weighted by atomic mass is 10.1. The third-order valence-electron chi connectivity index (χ3n) is 2.75. The van der Waals surface area contributed by atoms with Crippen LogP contribution >= 0.6 is 0 Å². The third-order valence-corrected chi connectivity index (χ3v) is 2.75. The van der Waals surface area contributed by atoms with Crippen LogP contribution in [0, 0.1) is 23.2 Å². The zero-order valence-corrected chi connectivity index (χ0v) is 11.5. The minimum atomic E-state index is -4.45. The molecule has 0 aliphatic heterocycles. The minimum Gasteiger partial charge on any atom is -0.312 e. The number of halogens is 3. The van der Waals surface area contributed by atoms with Crippen LogP contribution < -0.4 is 0 Å². The highest BCUT2D eigenvalue weighted by atomic mass is 19.4. The maximum Gasteiger partial charge on any atom is 0.416 e. The SMILES string of the molecule is CC#CC(=O)N(Cc1cccc(C(F)(F)F)c1)C(C)C#N. The minimum absolute atomic E-state index is 0.105. The second-order valence-electron chi connectivity index (χ2n) is 4.31. The maximum absolute atomic E-state index is 12.7. The summed E-state index contributed by atoms with van der Waals surface area (Å²) in [7, 11) is 0. The van der Waals surface area contributed by atoms with Crippen molar-refractivity contribution < 1.29 is 18.0 Å². The molecule has 0 aliphatic carbocycles. The molecule has 0 aromatic heterocycles. The number of alkyl halides is 3. The number of amides is 1. The normalized spacial score (nSPS) is 11.8. The van der Waals surface area contributed by atoms with Gasteiger partial charge in [0.2, 0.25) is 0 Å². The molecule has 1 atom stereocenters. The van der Waals surface area contributed by atoms with Crippen LogP contribution in [-0.2, 0) is 17.5 Å². The van der Waals surface area contributed by atoms with Crippen LogP contribution in [0.1, 0.15) is 25.0 Å². The number of hydrogen-bond donors (Lipinski definition) is 0. The van der Waals surface area contributed by atoms with Crippen molar-refractivity contribution in [2.24, 2.45) is 0 Å². The Labute approximate surface area is 121 Å². The van der Waals surface area contributed by atoms with E-state index in [4.69, 9.17) is 5.26 Å². The summed E-state index contributed by atoms with van der Waals surface area (Å²) >= 11 is 0. The first-order valence-electron chi connectivity index (χ1n) is 6.08. The Kier molecular flexibility index (Phi) is 5.37. The zero-order valence-electron chi connectivity index (χ0n) is 11.5. The van der Waals surface area contributed by atoms with Crippen LogP contribution in [-0.4, -0.2) is 16.8 Å². The maximum atomic E-state index is 12.7. The summed E-state index contributed by atoms with van der Waals surface area (Å²) < 4.78 is 38.0. The molecular weight excluding hydrogens is 281 g/mol. The molecule has 1 unspecified atom stereocenters. The molecule has 0 bridgehead atoms. The molecule has 1 aromatic carbocycles. The molecule has 3 nitrogen and oxygen atoms in total. The monoisotopic (exact) mass is 294 g/mol. The molecule has 1 aromatic rings. The summed E-state index contributed by atoms with van der Waals surface area (Å²) in [5.74, 6) is 4.11. The standard InChI is InChI=1S/C15H13F3N2O/c1-3-5-14(21)20(11(2)9-19)10-12-6-4-7-13(8-12)15(16,17)18/h4,6-8,11H,10H2,1-2H3. The lowest BCUT2D eigenvalue weighted by molar-refractivity contribution is -0.137. The number of carbonyl (C=O) groups excluding carboxylic acids is 1. The number of benzene rings is 1. The van der Waals surface area contributed by atoms with E-state index in [9.17, 15) is 18.0 Å².